The molecule has 3 aromatic rings. The predicted molar refractivity (Wildman–Crippen MR) is 114 cm³/mol. The van der Waals surface area contributed by atoms with E-state index in [4.69, 9.17) is 9.84 Å². The first-order valence-corrected chi connectivity index (χ1v) is 9.97. The third kappa shape index (κ3) is 4.36. The molecule has 34 heavy (non-hydrogen) atoms. The molecule has 0 fully saturated rings. The van der Waals surface area contributed by atoms with E-state index in [-0.39, 0.29) is 29.2 Å². The number of carbonyl (C=O) groups excluding carboxylic acids is 1. The zero-order valence-corrected chi connectivity index (χ0v) is 17.6. The normalized spacial score (nSPS) is 13.1. The maximum atomic E-state index is 13.9. The molecule has 1 amide bonds. The van der Waals surface area contributed by atoms with Crippen molar-refractivity contribution in [2.75, 3.05) is 23.4 Å². The number of para-hydroxylation sites is 1. The number of benzene rings is 2. The summed E-state index contributed by atoms with van der Waals surface area (Å²) in [6, 6.07) is 8.34. The van der Waals surface area contributed by atoms with E-state index in [2.05, 4.69) is 10.3 Å². The minimum absolute atomic E-state index is 0.0339. The maximum Gasteiger partial charge on any atom is 0.419 e. The lowest BCUT2D eigenvalue weighted by atomic mass is 10.1. The van der Waals surface area contributed by atoms with Crippen LogP contribution in [-0.4, -0.2) is 35.1 Å². The minimum atomic E-state index is -4.85. The van der Waals surface area contributed by atoms with Crippen LogP contribution >= 0.6 is 0 Å². The second-order valence-electron chi connectivity index (χ2n) is 7.47. The van der Waals surface area contributed by atoms with Gasteiger partial charge in [-0.15, -0.1) is 0 Å². The second-order valence-corrected chi connectivity index (χ2v) is 7.47. The van der Waals surface area contributed by atoms with Gasteiger partial charge < -0.3 is 20.1 Å². The summed E-state index contributed by atoms with van der Waals surface area (Å²) in [5, 5.41) is 11.5. The number of fused-ring (bicyclic) bond motifs is 1. The summed E-state index contributed by atoms with van der Waals surface area (Å²) in [5.41, 5.74) is -0.367. The van der Waals surface area contributed by atoms with Gasteiger partial charge in [-0.25, -0.2) is 14.2 Å². The molecular weight excluding hydrogens is 458 g/mol. The molecule has 0 atom stereocenters. The molecule has 11 heteroatoms. The highest BCUT2D eigenvalue weighted by atomic mass is 19.4. The molecule has 176 valence electrons. The molecule has 2 heterocycles. The SMILES string of the molecule is Cc1cc(C(=O)O)cnc1N1CCOc2c(C(=O)Nc3ccc(C(F)(F)F)c(F)c3)cccc21. The third-order valence-electron chi connectivity index (χ3n) is 5.18. The van der Waals surface area contributed by atoms with Crippen molar-refractivity contribution in [3.63, 3.8) is 0 Å². The Morgan fingerprint density at radius 3 is 2.59 bits per heavy atom. The molecule has 0 saturated carbocycles. The number of aromatic nitrogens is 1. The average molecular weight is 475 g/mol. The molecule has 0 radical (unpaired) electrons. The van der Waals surface area contributed by atoms with Crippen LogP contribution in [-0.2, 0) is 6.18 Å². The van der Waals surface area contributed by atoms with E-state index in [1.807, 2.05) is 0 Å². The fraction of sp³-hybridized carbons (Fsp3) is 0.174. The van der Waals surface area contributed by atoms with Crippen molar-refractivity contribution in [2.45, 2.75) is 13.1 Å². The maximum absolute atomic E-state index is 13.9. The first-order chi connectivity index (χ1) is 16.1. The van der Waals surface area contributed by atoms with Crippen molar-refractivity contribution in [3.8, 4) is 5.75 Å². The van der Waals surface area contributed by atoms with Gasteiger partial charge in [0.05, 0.1) is 28.9 Å². The van der Waals surface area contributed by atoms with Crippen LogP contribution in [0.4, 0.5) is 34.8 Å². The number of hydrogen-bond acceptors (Lipinski definition) is 5. The van der Waals surface area contributed by atoms with Crippen molar-refractivity contribution < 1.29 is 37.0 Å². The number of aryl methyl sites for hydroxylation is 1. The van der Waals surface area contributed by atoms with Gasteiger partial charge in [-0.1, -0.05) is 6.07 Å². The number of rotatable bonds is 4. The largest absolute Gasteiger partial charge is 0.489 e. The lowest BCUT2D eigenvalue weighted by Gasteiger charge is -2.32. The fourth-order valence-corrected chi connectivity index (χ4v) is 3.64. The zero-order valence-electron chi connectivity index (χ0n) is 17.6. The smallest absolute Gasteiger partial charge is 0.419 e. The van der Waals surface area contributed by atoms with Gasteiger partial charge in [-0.3, -0.25) is 4.79 Å². The third-order valence-corrected chi connectivity index (χ3v) is 5.18. The molecule has 2 aromatic carbocycles. The summed E-state index contributed by atoms with van der Waals surface area (Å²) in [5.74, 6) is -2.62. The van der Waals surface area contributed by atoms with E-state index in [1.54, 1.807) is 24.0 Å². The molecule has 2 N–H and O–H groups in total. The molecular formula is C23H17F4N3O4. The van der Waals surface area contributed by atoms with Crippen LogP contribution in [0, 0.1) is 12.7 Å². The van der Waals surface area contributed by atoms with Gasteiger partial charge >= 0.3 is 12.1 Å². The summed E-state index contributed by atoms with van der Waals surface area (Å²) in [6.07, 6.45) is -3.62. The number of pyridine rings is 1. The number of carboxylic acids is 1. The number of halogens is 4. The number of carbonyl (C=O) groups is 2. The summed E-state index contributed by atoms with van der Waals surface area (Å²) >= 11 is 0. The van der Waals surface area contributed by atoms with E-state index < -0.39 is 29.4 Å². The summed E-state index contributed by atoms with van der Waals surface area (Å²) in [6.45, 7) is 2.27. The number of nitrogens with zero attached hydrogens (tertiary/aromatic N) is 2. The van der Waals surface area contributed by atoms with Crippen molar-refractivity contribution >= 4 is 29.1 Å². The number of nitrogens with one attached hydrogen (secondary N) is 1. The Morgan fingerprint density at radius 2 is 1.94 bits per heavy atom. The molecule has 0 bridgehead atoms. The summed E-state index contributed by atoms with van der Waals surface area (Å²) < 4.78 is 57.9. The fourth-order valence-electron chi connectivity index (χ4n) is 3.64. The lowest BCUT2D eigenvalue weighted by Crippen LogP contribution is -2.31. The Balaban J connectivity index is 1.64. The first kappa shape index (κ1) is 23.0. The Hall–Kier alpha value is -4.15. The molecule has 7 nitrogen and oxygen atoms in total. The number of carboxylic acid groups (broad SMARTS) is 1. The Morgan fingerprint density at radius 1 is 1.18 bits per heavy atom. The van der Waals surface area contributed by atoms with Gasteiger partial charge in [0, 0.05) is 11.9 Å². The Labute approximate surface area is 190 Å². The highest BCUT2D eigenvalue weighted by Gasteiger charge is 2.34. The quantitative estimate of drug-likeness (QED) is 0.515. The van der Waals surface area contributed by atoms with Crippen molar-refractivity contribution in [3.05, 3.63) is 76.7 Å². The Bertz CT molecular complexity index is 1290. The average Bonchev–Trinajstić information content (AvgIpc) is 2.77. The van der Waals surface area contributed by atoms with Crippen LogP contribution in [0.2, 0.25) is 0 Å². The van der Waals surface area contributed by atoms with E-state index in [0.717, 1.165) is 6.07 Å². The van der Waals surface area contributed by atoms with Gasteiger partial charge in [-0.05, 0) is 48.9 Å². The molecule has 1 aliphatic heterocycles. The summed E-state index contributed by atoms with van der Waals surface area (Å²) in [4.78, 5) is 30.1. The van der Waals surface area contributed by atoms with Gasteiger partial charge in [0.15, 0.2) is 5.75 Å². The van der Waals surface area contributed by atoms with Crippen LogP contribution in [0.5, 0.6) is 5.75 Å². The van der Waals surface area contributed by atoms with Crippen LogP contribution in [0.3, 0.4) is 0 Å². The van der Waals surface area contributed by atoms with Crippen LogP contribution in [0.25, 0.3) is 0 Å². The number of hydrogen-bond donors (Lipinski definition) is 2. The minimum Gasteiger partial charge on any atom is -0.489 e. The molecule has 1 aromatic heterocycles. The highest BCUT2D eigenvalue weighted by molar-refractivity contribution is 6.07. The second kappa shape index (κ2) is 8.65. The Kier molecular flexibility index (Phi) is 5.86. The van der Waals surface area contributed by atoms with Gasteiger partial charge in [0.1, 0.15) is 18.2 Å². The molecule has 0 aliphatic carbocycles. The van der Waals surface area contributed by atoms with E-state index in [9.17, 15) is 27.2 Å². The van der Waals surface area contributed by atoms with Crippen molar-refractivity contribution in [1.82, 2.24) is 4.98 Å². The molecule has 0 spiro atoms. The molecule has 1 aliphatic rings. The van der Waals surface area contributed by atoms with Gasteiger partial charge in [0.25, 0.3) is 5.91 Å². The zero-order chi connectivity index (χ0) is 24.6. The van der Waals surface area contributed by atoms with Crippen molar-refractivity contribution in [1.29, 1.82) is 0 Å². The van der Waals surface area contributed by atoms with Crippen LogP contribution < -0.4 is 15.0 Å². The number of amides is 1. The number of aromatic carboxylic acids is 1. The molecule has 4 rings (SSSR count). The number of anilines is 3. The van der Waals surface area contributed by atoms with Crippen molar-refractivity contribution in [2.24, 2.45) is 0 Å². The van der Waals surface area contributed by atoms with Gasteiger partial charge in [0.2, 0.25) is 0 Å². The molecule has 0 saturated heterocycles. The van der Waals surface area contributed by atoms with Crippen LogP contribution in [0.15, 0.2) is 48.7 Å². The van der Waals surface area contributed by atoms with Gasteiger partial charge in [-0.2, -0.15) is 13.2 Å². The predicted octanol–water partition coefficient (Wildman–Crippen LogP) is 5.03. The number of ether oxygens (including phenoxy) is 1. The van der Waals surface area contributed by atoms with Crippen LogP contribution in [0.1, 0.15) is 31.8 Å². The lowest BCUT2D eigenvalue weighted by molar-refractivity contribution is -0.139. The monoisotopic (exact) mass is 475 g/mol. The standard InChI is InChI=1S/C23H17F4N3O4/c1-12-9-13(22(32)33)11-28-20(12)30-7-8-34-19-15(3-2-4-18(19)30)21(31)29-14-5-6-16(17(24)10-14)23(25,26)27/h2-6,9-11H,7-8H2,1H3,(H,29,31)(H,32,33). The van der Waals surface area contributed by atoms with E-state index in [0.29, 0.717) is 35.7 Å². The topological polar surface area (TPSA) is 91.8 Å². The van der Waals surface area contributed by atoms with E-state index >= 15 is 0 Å². The first-order valence-electron chi connectivity index (χ1n) is 9.97. The summed E-state index contributed by atoms with van der Waals surface area (Å²) in [7, 11) is 0. The van der Waals surface area contributed by atoms with E-state index in [1.165, 1.54) is 18.3 Å². The molecule has 0 unspecified atom stereocenters. The number of alkyl halides is 3. The highest BCUT2D eigenvalue weighted by Crippen LogP contribution is 2.40.